The fourth-order valence-corrected chi connectivity index (χ4v) is 3.08. The van der Waals surface area contributed by atoms with Crippen molar-refractivity contribution in [1.29, 1.82) is 0 Å². The number of sulfonamides is 1. The molecule has 0 aliphatic heterocycles. The average molecular weight is 391 g/mol. The molecule has 1 rings (SSSR count). The number of hydrogen-bond acceptors (Lipinski definition) is 5. The highest BCUT2D eigenvalue weighted by Gasteiger charge is 2.27. The second-order valence-electron chi connectivity index (χ2n) is 6.62. The summed E-state index contributed by atoms with van der Waals surface area (Å²) in [6.07, 6.45) is -1.05. The Labute approximate surface area is 153 Å². The zero-order valence-corrected chi connectivity index (χ0v) is 16.4. The van der Waals surface area contributed by atoms with Gasteiger partial charge < -0.3 is 10.1 Å². The molecule has 0 radical (unpaired) electrons. The maximum absolute atomic E-state index is 12.2. The van der Waals surface area contributed by atoms with Crippen LogP contribution in [0.3, 0.4) is 0 Å². The van der Waals surface area contributed by atoms with E-state index in [0.29, 0.717) is 5.02 Å². The summed E-state index contributed by atoms with van der Waals surface area (Å²) in [5, 5.41) is 3.07. The molecule has 0 fully saturated rings. The van der Waals surface area contributed by atoms with Gasteiger partial charge in [-0.2, -0.15) is 4.72 Å². The van der Waals surface area contributed by atoms with Crippen molar-refractivity contribution in [3.8, 4) is 0 Å². The first-order valence-corrected chi connectivity index (χ1v) is 9.48. The first kappa shape index (κ1) is 21.4. The third-order valence-corrected chi connectivity index (χ3v) is 4.78. The highest BCUT2D eigenvalue weighted by atomic mass is 35.5. The molecule has 0 aromatic heterocycles. The van der Waals surface area contributed by atoms with E-state index in [0.717, 1.165) is 0 Å². The standard InChI is InChI=1S/C16H23ClN2O5S/c1-10(15(21)24-11(2)14(20)18-16(3,4)5)19-25(22,23)13-8-6-12(17)7-9-13/h6-11,19H,1-5H3,(H,18,20)/t10-,11-/m0/s1. The summed E-state index contributed by atoms with van der Waals surface area (Å²) in [5.74, 6) is -1.32. The Bertz CT molecular complexity index is 726. The Morgan fingerprint density at radius 3 is 2.12 bits per heavy atom. The van der Waals surface area contributed by atoms with Crippen LogP contribution >= 0.6 is 11.6 Å². The number of esters is 1. The Kier molecular flexibility index (Phi) is 6.99. The molecule has 2 N–H and O–H groups in total. The second kappa shape index (κ2) is 8.16. The lowest BCUT2D eigenvalue weighted by Gasteiger charge is -2.24. The van der Waals surface area contributed by atoms with Gasteiger partial charge in [0, 0.05) is 10.6 Å². The van der Waals surface area contributed by atoms with E-state index in [9.17, 15) is 18.0 Å². The monoisotopic (exact) mass is 390 g/mol. The molecule has 0 unspecified atom stereocenters. The van der Waals surface area contributed by atoms with E-state index >= 15 is 0 Å². The number of amides is 1. The number of benzene rings is 1. The molecule has 0 spiro atoms. The lowest BCUT2D eigenvalue weighted by molar-refractivity contribution is -0.156. The normalized spacial score (nSPS) is 14.5. The summed E-state index contributed by atoms with van der Waals surface area (Å²) >= 11 is 5.72. The van der Waals surface area contributed by atoms with Crippen LogP contribution in [0.5, 0.6) is 0 Å². The van der Waals surface area contributed by atoms with E-state index in [1.165, 1.54) is 38.1 Å². The fraction of sp³-hybridized carbons (Fsp3) is 0.500. The molecule has 0 saturated carbocycles. The summed E-state index contributed by atoms with van der Waals surface area (Å²) in [6.45, 7) is 8.14. The van der Waals surface area contributed by atoms with Gasteiger partial charge in [0.25, 0.3) is 5.91 Å². The van der Waals surface area contributed by atoms with Gasteiger partial charge in [0.15, 0.2) is 6.10 Å². The molecule has 1 aromatic carbocycles. The number of carbonyl (C=O) groups is 2. The molecule has 0 heterocycles. The van der Waals surface area contributed by atoms with Crippen molar-refractivity contribution in [2.24, 2.45) is 0 Å². The Hall–Kier alpha value is -1.64. The molecule has 25 heavy (non-hydrogen) atoms. The predicted octanol–water partition coefficient (Wildman–Crippen LogP) is 1.85. The van der Waals surface area contributed by atoms with Gasteiger partial charge >= 0.3 is 5.97 Å². The largest absolute Gasteiger partial charge is 0.451 e. The third-order valence-electron chi connectivity index (χ3n) is 2.97. The van der Waals surface area contributed by atoms with Gasteiger partial charge in [-0.3, -0.25) is 9.59 Å². The van der Waals surface area contributed by atoms with Crippen molar-refractivity contribution in [3.63, 3.8) is 0 Å². The first-order valence-electron chi connectivity index (χ1n) is 7.62. The van der Waals surface area contributed by atoms with E-state index in [2.05, 4.69) is 10.0 Å². The molecule has 2 atom stereocenters. The lowest BCUT2D eigenvalue weighted by Crippen LogP contribution is -2.48. The maximum Gasteiger partial charge on any atom is 0.324 e. The average Bonchev–Trinajstić information content (AvgIpc) is 2.45. The van der Waals surface area contributed by atoms with Crippen molar-refractivity contribution < 1.29 is 22.7 Å². The van der Waals surface area contributed by atoms with Crippen LogP contribution in [0, 0.1) is 0 Å². The number of rotatable bonds is 6. The minimum absolute atomic E-state index is 0.0323. The quantitative estimate of drug-likeness (QED) is 0.722. The van der Waals surface area contributed by atoms with Crippen LogP contribution in [-0.4, -0.2) is 38.0 Å². The number of halogens is 1. The summed E-state index contributed by atoms with van der Waals surface area (Å²) in [4.78, 5) is 23.9. The third kappa shape index (κ3) is 7.01. The fourth-order valence-electron chi connectivity index (χ4n) is 1.76. The van der Waals surface area contributed by atoms with Crippen LogP contribution < -0.4 is 10.0 Å². The maximum atomic E-state index is 12.2. The molecular formula is C16H23ClN2O5S. The van der Waals surface area contributed by atoms with E-state index in [-0.39, 0.29) is 4.90 Å². The smallest absolute Gasteiger partial charge is 0.324 e. The van der Waals surface area contributed by atoms with Crippen LogP contribution in [0.4, 0.5) is 0 Å². The number of ether oxygens (including phenoxy) is 1. The predicted molar refractivity (Wildman–Crippen MR) is 94.7 cm³/mol. The van der Waals surface area contributed by atoms with Gasteiger partial charge in [0.1, 0.15) is 6.04 Å². The molecular weight excluding hydrogens is 368 g/mol. The van der Waals surface area contributed by atoms with Gasteiger partial charge in [0.2, 0.25) is 10.0 Å². The molecule has 0 bridgehead atoms. The van der Waals surface area contributed by atoms with Crippen molar-refractivity contribution in [3.05, 3.63) is 29.3 Å². The lowest BCUT2D eigenvalue weighted by atomic mass is 10.1. The van der Waals surface area contributed by atoms with Crippen molar-refractivity contribution >= 4 is 33.5 Å². The molecule has 1 aromatic rings. The molecule has 140 valence electrons. The Morgan fingerprint density at radius 1 is 1.12 bits per heavy atom. The number of nitrogens with one attached hydrogen (secondary N) is 2. The highest BCUT2D eigenvalue weighted by molar-refractivity contribution is 7.89. The zero-order valence-electron chi connectivity index (χ0n) is 14.8. The van der Waals surface area contributed by atoms with Crippen LogP contribution in [0.1, 0.15) is 34.6 Å². The minimum Gasteiger partial charge on any atom is -0.451 e. The SMILES string of the molecule is C[C@H](NS(=O)(=O)c1ccc(Cl)cc1)C(=O)O[C@@H](C)C(=O)NC(C)(C)C. The number of carbonyl (C=O) groups excluding carboxylic acids is 2. The van der Waals surface area contributed by atoms with Crippen molar-refractivity contribution in [2.75, 3.05) is 0 Å². The van der Waals surface area contributed by atoms with Gasteiger partial charge in [0.05, 0.1) is 4.90 Å². The van der Waals surface area contributed by atoms with E-state index < -0.39 is 39.6 Å². The van der Waals surface area contributed by atoms with Crippen LogP contribution in [0.25, 0.3) is 0 Å². The van der Waals surface area contributed by atoms with Crippen molar-refractivity contribution in [1.82, 2.24) is 10.0 Å². The number of hydrogen-bond donors (Lipinski definition) is 2. The molecule has 0 aliphatic carbocycles. The summed E-state index contributed by atoms with van der Waals surface area (Å²) in [5.41, 5.74) is -0.473. The van der Waals surface area contributed by atoms with Gasteiger partial charge in [-0.05, 0) is 58.9 Å². The van der Waals surface area contributed by atoms with Gasteiger partial charge in [-0.15, -0.1) is 0 Å². The zero-order chi connectivity index (χ0) is 19.4. The molecule has 9 heteroatoms. The van der Waals surface area contributed by atoms with Crippen molar-refractivity contribution in [2.45, 2.75) is 57.2 Å². The van der Waals surface area contributed by atoms with E-state index in [1.807, 2.05) is 0 Å². The molecule has 1 amide bonds. The minimum atomic E-state index is -3.92. The van der Waals surface area contributed by atoms with E-state index in [1.54, 1.807) is 20.8 Å². The first-order chi connectivity index (χ1) is 11.3. The van der Waals surface area contributed by atoms with Crippen LogP contribution in [0.2, 0.25) is 5.02 Å². The molecule has 0 saturated heterocycles. The van der Waals surface area contributed by atoms with Crippen LogP contribution in [-0.2, 0) is 24.3 Å². The molecule has 0 aliphatic rings. The van der Waals surface area contributed by atoms with Gasteiger partial charge in [-0.1, -0.05) is 11.6 Å². The van der Waals surface area contributed by atoms with Crippen LogP contribution in [0.15, 0.2) is 29.2 Å². The van der Waals surface area contributed by atoms with Gasteiger partial charge in [-0.25, -0.2) is 8.42 Å². The Balaban J connectivity index is 2.70. The summed E-state index contributed by atoms with van der Waals surface area (Å²) in [6, 6.07) is 4.34. The van der Waals surface area contributed by atoms with E-state index in [4.69, 9.17) is 16.3 Å². The highest BCUT2D eigenvalue weighted by Crippen LogP contribution is 2.14. The Morgan fingerprint density at radius 2 is 1.64 bits per heavy atom. The summed E-state index contributed by atoms with van der Waals surface area (Å²) < 4.78 is 31.7. The second-order valence-corrected chi connectivity index (χ2v) is 8.77. The summed E-state index contributed by atoms with van der Waals surface area (Å²) in [7, 11) is -3.92. The topological polar surface area (TPSA) is 102 Å². The molecule has 7 nitrogen and oxygen atoms in total.